The molecule has 0 atom stereocenters. The fraction of sp³-hybridized carbons (Fsp3) is 0.222. The number of aromatic hydroxyl groups is 2. The summed E-state index contributed by atoms with van der Waals surface area (Å²) in [6, 6.07) is 0. The van der Waals surface area contributed by atoms with Crippen LogP contribution in [0.2, 0.25) is 0 Å². The zero-order valence-corrected chi connectivity index (χ0v) is 9.79. The van der Waals surface area contributed by atoms with Crippen molar-refractivity contribution in [1.82, 2.24) is 0 Å². The van der Waals surface area contributed by atoms with Crippen molar-refractivity contribution in [3.05, 3.63) is 20.3 Å². The van der Waals surface area contributed by atoms with Gasteiger partial charge in [0, 0.05) is 0 Å². The molecule has 0 aromatic heterocycles. The van der Waals surface area contributed by atoms with E-state index in [1.807, 2.05) is 22.6 Å². The van der Waals surface area contributed by atoms with Crippen LogP contribution in [0.25, 0.3) is 0 Å². The van der Waals surface area contributed by atoms with Gasteiger partial charge in [-0.25, -0.2) is 4.79 Å². The number of rotatable bonds is 1. The summed E-state index contributed by atoms with van der Waals surface area (Å²) in [6.07, 6.45) is 0. The number of carboxylic acids is 1. The number of phenols is 2. The van der Waals surface area contributed by atoms with E-state index in [9.17, 15) is 15.0 Å². The lowest BCUT2D eigenvalue weighted by Crippen LogP contribution is -2.03. The molecular weight excluding hydrogens is 299 g/mol. The lowest BCUT2D eigenvalue weighted by molar-refractivity contribution is 0.0692. The average Bonchev–Trinajstić information content (AvgIpc) is 2.11. The maximum atomic E-state index is 10.8. The van der Waals surface area contributed by atoms with Crippen LogP contribution in [0.1, 0.15) is 21.5 Å². The van der Waals surface area contributed by atoms with Gasteiger partial charge in [0.2, 0.25) is 0 Å². The SMILES string of the molecule is Cc1c(C)c(C(=O)O)c(O)c(O)c1I. The van der Waals surface area contributed by atoms with E-state index in [-0.39, 0.29) is 11.3 Å². The van der Waals surface area contributed by atoms with Gasteiger partial charge in [-0.1, -0.05) is 0 Å². The molecule has 0 aliphatic heterocycles. The van der Waals surface area contributed by atoms with Gasteiger partial charge >= 0.3 is 5.97 Å². The van der Waals surface area contributed by atoms with Gasteiger partial charge in [0.05, 0.1) is 3.57 Å². The molecule has 1 rings (SSSR count). The van der Waals surface area contributed by atoms with E-state index in [4.69, 9.17) is 5.11 Å². The molecule has 5 heteroatoms. The predicted molar refractivity (Wildman–Crippen MR) is 58.9 cm³/mol. The second kappa shape index (κ2) is 3.64. The highest BCUT2D eigenvalue weighted by molar-refractivity contribution is 14.1. The van der Waals surface area contributed by atoms with Crippen LogP contribution >= 0.6 is 22.6 Å². The van der Waals surface area contributed by atoms with Crippen molar-refractivity contribution in [2.45, 2.75) is 13.8 Å². The molecule has 0 amide bonds. The number of aromatic carboxylic acids is 1. The van der Waals surface area contributed by atoms with Crippen molar-refractivity contribution in [2.24, 2.45) is 0 Å². The van der Waals surface area contributed by atoms with Crippen LogP contribution in [-0.4, -0.2) is 21.3 Å². The smallest absolute Gasteiger partial charge is 0.339 e. The minimum atomic E-state index is -1.24. The van der Waals surface area contributed by atoms with E-state index < -0.39 is 11.7 Å². The van der Waals surface area contributed by atoms with Gasteiger partial charge in [-0.3, -0.25) is 0 Å². The van der Waals surface area contributed by atoms with Crippen molar-refractivity contribution in [1.29, 1.82) is 0 Å². The Bertz CT molecular complexity index is 383. The van der Waals surface area contributed by atoms with E-state index in [0.29, 0.717) is 14.7 Å². The highest BCUT2D eigenvalue weighted by atomic mass is 127. The normalized spacial score (nSPS) is 10.2. The van der Waals surface area contributed by atoms with E-state index >= 15 is 0 Å². The molecule has 3 N–H and O–H groups in total. The summed E-state index contributed by atoms with van der Waals surface area (Å²) in [5, 5.41) is 27.7. The topological polar surface area (TPSA) is 77.8 Å². The molecule has 0 saturated heterocycles. The molecule has 0 radical (unpaired) electrons. The number of halogens is 1. The molecule has 0 spiro atoms. The Balaban J connectivity index is 3.68. The molecular formula is C9H9IO4. The van der Waals surface area contributed by atoms with E-state index in [2.05, 4.69) is 0 Å². The van der Waals surface area contributed by atoms with Crippen LogP contribution in [0.3, 0.4) is 0 Å². The predicted octanol–water partition coefficient (Wildman–Crippen LogP) is 2.02. The summed E-state index contributed by atoms with van der Waals surface area (Å²) < 4.78 is 0.475. The Morgan fingerprint density at radius 3 is 2.07 bits per heavy atom. The molecule has 0 saturated carbocycles. The maximum Gasteiger partial charge on any atom is 0.339 e. The lowest BCUT2D eigenvalue weighted by Gasteiger charge is -2.11. The third-order valence-corrected chi connectivity index (χ3v) is 3.47. The van der Waals surface area contributed by atoms with Crippen molar-refractivity contribution in [3.8, 4) is 11.5 Å². The Hall–Kier alpha value is -0.980. The highest BCUT2D eigenvalue weighted by Gasteiger charge is 2.21. The molecule has 0 bridgehead atoms. The van der Waals surface area contributed by atoms with Crippen LogP contribution in [0, 0.1) is 17.4 Å². The molecule has 0 fully saturated rings. The monoisotopic (exact) mass is 308 g/mol. The highest BCUT2D eigenvalue weighted by Crippen LogP contribution is 2.38. The van der Waals surface area contributed by atoms with Crippen molar-refractivity contribution in [3.63, 3.8) is 0 Å². The van der Waals surface area contributed by atoms with Gasteiger partial charge in [0.1, 0.15) is 5.56 Å². The summed E-state index contributed by atoms with van der Waals surface area (Å²) in [6.45, 7) is 3.29. The quantitative estimate of drug-likeness (QED) is 0.548. The number of carboxylic acid groups (broad SMARTS) is 1. The summed E-state index contributed by atoms with van der Waals surface area (Å²) in [5.41, 5.74) is 0.899. The number of phenolic OH excluding ortho intramolecular Hbond substituents is 1. The minimum Gasteiger partial charge on any atom is -0.504 e. The van der Waals surface area contributed by atoms with Crippen molar-refractivity contribution < 1.29 is 20.1 Å². The first kappa shape index (κ1) is 11.1. The van der Waals surface area contributed by atoms with Gasteiger partial charge in [-0.2, -0.15) is 0 Å². The van der Waals surface area contributed by atoms with Crippen LogP contribution < -0.4 is 0 Å². The second-order valence-electron chi connectivity index (χ2n) is 2.94. The van der Waals surface area contributed by atoms with Gasteiger partial charge in [-0.05, 0) is 47.6 Å². The summed E-state index contributed by atoms with van der Waals surface area (Å²) >= 11 is 1.86. The maximum absolute atomic E-state index is 10.8. The fourth-order valence-corrected chi connectivity index (χ4v) is 1.85. The van der Waals surface area contributed by atoms with Crippen LogP contribution in [-0.2, 0) is 0 Å². The Kier molecular flexibility index (Phi) is 2.89. The second-order valence-corrected chi connectivity index (χ2v) is 4.02. The number of carbonyl (C=O) groups is 1. The zero-order valence-electron chi connectivity index (χ0n) is 7.63. The average molecular weight is 308 g/mol. The van der Waals surface area contributed by atoms with Gasteiger partial charge < -0.3 is 15.3 Å². The molecule has 4 nitrogen and oxygen atoms in total. The largest absolute Gasteiger partial charge is 0.504 e. The third kappa shape index (κ3) is 1.52. The standard InChI is InChI=1S/C9H9IO4/c1-3-4(2)6(10)8(12)7(11)5(3)9(13)14/h11-12H,1-2H3,(H,13,14). The summed E-state index contributed by atoms with van der Waals surface area (Å²) in [5.74, 6) is -2.18. The molecule has 1 aromatic rings. The molecule has 0 heterocycles. The van der Waals surface area contributed by atoms with Crippen LogP contribution in [0.15, 0.2) is 0 Å². The molecule has 76 valence electrons. The first-order valence-corrected chi connectivity index (χ1v) is 4.89. The summed E-state index contributed by atoms with van der Waals surface area (Å²) in [4.78, 5) is 10.8. The van der Waals surface area contributed by atoms with Gasteiger partial charge in [0.15, 0.2) is 11.5 Å². The number of hydrogen-bond acceptors (Lipinski definition) is 3. The lowest BCUT2D eigenvalue weighted by atomic mass is 10.0. The van der Waals surface area contributed by atoms with Crippen LogP contribution in [0.4, 0.5) is 0 Å². The van der Waals surface area contributed by atoms with Crippen LogP contribution in [0.5, 0.6) is 11.5 Å². The molecule has 1 aromatic carbocycles. The Labute approximate surface area is 94.3 Å². The Morgan fingerprint density at radius 2 is 1.64 bits per heavy atom. The van der Waals surface area contributed by atoms with Crippen molar-refractivity contribution >= 4 is 28.6 Å². The number of benzene rings is 1. The van der Waals surface area contributed by atoms with E-state index in [0.717, 1.165) is 0 Å². The van der Waals surface area contributed by atoms with Crippen molar-refractivity contribution in [2.75, 3.05) is 0 Å². The third-order valence-electron chi connectivity index (χ3n) is 2.15. The van der Waals surface area contributed by atoms with E-state index in [1.54, 1.807) is 13.8 Å². The minimum absolute atomic E-state index is 0.236. The van der Waals surface area contributed by atoms with E-state index in [1.165, 1.54) is 0 Å². The zero-order chi connectivity index (χ0) is 11.0. The summed E-state index contributed by atoms with van der Waals surface area (Å²) in [7, 11) is 0. The molecule has 0 aliphatic carbocycles. The number of hydrogen-bond donors (Lipinski definition) is 3. The van der Waals surface area contributed by atoms with Gasteiger partial charge in [0.25, 0.3) is 0 Å². The molecule has 0 aliphatic rings. The fourth-order valence-electron chi connectivity index (χ4n) is 1.19. The first-order valence-electron chi connectivity index (χ1n) is 3.81. The molecule has 0 unspecified atom stereocenters. The van der Waals surface area contributed by atoms with Gasteiger partial charge in [-0.15, -0.1) is 0 Å². The molecule has 14 heavy (non-hydrogen) atoms. The first-order chi connectivity index (χ1) is 6.37. The Morgan fingerprint density at radius 1 is 1.14 bits per heavy atom.